The zero-order chi connectivity index (χ0) is 12.9. The van der Waals surface area contributed by atoms with Gasteiger partial charge in [-0.05, 0) is 19.9 Å². The van der Waals surface area contributed by atoms with E-state index in [1.807, 2.05) is 0 Å². The van der Waals surface area contributed by atoms with Crippen LogP contribution in [0, 0.1) is 0 Å². The van der Waals surface area contributed by atoms with E-state index in [0.29, 0.717) is 0 Å². The largest absolute Gasteiger partial charge is 0.457 e. The van der Waals surface area contributed by atoms with Gasteiger partial charge in [0.1, 0.15) is 6.61 Å². The Kier molecular flexibility index (Phi) is 4.37. The minimum Gasteiger partial charge on any atom is -0.457 e. The van der Waals surface area contributed by atoms with Crippen molar-refractivity contribution in [3.05, 3.63) is 47.5 Å². The number of rotatable bonds is 4. The van der Waals surface area contributed by atoms with Gasteiger partial charge in [-0.2, -0.15) is 8.78 Å². The maximum atomic E-state index is 13.6. The van der Waals surface area contributed by atoms with Crippen LogP contribution >= 0.6 is 0 Å². The summed E-state index contributed by atoms with van der Waals surface area (Å²) in [6.07, 6.45) is 1.57. The van der Waals surface area contributed by atoms with Gasteiger partial charge in [0.05, 0.1) is 0 Å². The van der Waals surface area contributed by atoms with Crippen molar-refractivity contribution in [3.8, 4) is 0 Å². The number of hydrogen-bond donors (Lipinski definition) is 0. The SMILES string of the molecule is CC(C)=CCOC(=O)C(F)(F)c1ccccc1. The van der Waals surface area contributed by atoms with E-state index in [2.05, 4.69) is 4.74 Å². The number of halogens is 2. The number of allylic oxidation sites excluding steroid dienone is 1. The predicted octanol–water partition coefficient (Wildman–Crippen LogP) is 3.29. The fraction of sp³-hybridized carbons (Fsp3) is 0.308. The number of carbonyl (C=O) groups is 1. The fourth-order valence-corrected chi connectivity index (χ4v) is 1.14. The smallest absolute Gasteiger partial charge is 0.382 e. The molecular formula is C13H14F2O2. The molecule has 0 unspecified atom stereocenters. The Morgan fingerprint density at radius 2 is 1.88 bits per heavy atom. The molecule has 0 radical (unpaired) electrons. The molecule has 92 valence electrons. The van der Waals surface area contributed by atoms with E-state index in [0.717, 1.165) is 5.57 Å². The number of hydrogen-bond acceptors (Lipinski definition) is 2. The van der Waals surface area contributed by atoms with Crippen molar-refractivity contribution < 1.29 is 18.3 Å². The Labute approximate surface area is 98.9 Å². The van der Waals surface area contributed by atoms with Crippen molar-refractivity contribution in [1.29, 1.82) is 0 Å². The molecule has 0 saturated carbocycles. The Hall–Kier alpha value is -1.71. The van der Waals surface area contributed by atoms with Gasteiger partial charge >= 0.3 is 11.9 Å². The molecule has 0 atom stereocenters. The fourth-order valence-electron chi connectivity index (χ4n) is 1.14. The molecule has 0 aliphatic heterocycles. The average Bonchev–Trinajstić information content (AvgIpc) is 2.29. The highest BCUT2D eigenvalue weighted by molar-refractivity contribution is 5.79. The summed E-state index contributed by atoms with van der Waals surface area (Å²) in [6.45, 7) is 3.45. The maximum absolute atomic E-state index is 13.6. The molecule has 1 aromatic rings. The van der Waals surface area contributed by atoms with Crippen LogP contribution in [0.1, 0.15) is 19.4 Å². The van der Waals surface area contributed by atoms with Gasteiger partial charge in [-0.3, -0.25) is 0 Å². The van der Waals surface area contributed by atoms with Crippen LogP contribution in [0.2, 0.25) is 0 Å². The van der Waals surface area contributed by atoms with E-state index in [1.165, 1.54) is 24.3 Å². The monoisotopic (exact) mass is 240 g/mol. The lowest BCUT2D eigenvalue weighted by Gasteiger charge is -2.14. The quantitative estimate of drug-likeness (QED) is 0.596. The Balaban J connectivity index is 2.71. The average molecular weight is 240 g/mol. The second kappa shape index (κ2) is 5.57. The second-order valence-electron chi connectivity index (χ2n) is 3.82. The first kappa shape index (κ1) is 13.4. The summed E-state index contributed by atoms with van der Waals surface area (Å²) in [7, 11) is 0. The van der Waals surface area contributed by atoms with Crippen LogP contribution in [0.25, 0.3) is 0 Å². The van der Waals surface area contributed by atoms with Gasteiger partial charge < -0.3 is 4.74 Å². The molecule has 0 spiro atoms. The van der Waals surface area contributed by atoms with Crippen molar-refractivity contribution in [2.24, 2.45) is 0 Å². The van der Waals surface area contributed by atoms with Crippen LogP contribution < -0.4 is 0 Å². The van der Waals surface area contributed by atoms with Gasteiger partial charge in [0.15, 0.2) is 0 Å². The standard InChI is InChI=1S/C13H14F2O2/c1-10(2)8-9-17-12(16)13(14,15)11-6-4-3-5-7-11/h3-8H,9H2,1-2H3. The molecule has 0 aliphatic carbocycles. The third kappa shape index (κ3) is 3.66. The van der Waals surface area contributed by atoms with Crippen LogP contribution in [-0.4, -0.2) is 12.6 Å². The third-order valence-electron chi connectivity index (χ3n) is 2.10. The zero-order valence-electron chi connectivity index (χ0n) is 9.74. The third-order valence-corrected chi connectivity index (χ3v) is 2.10. The van der Waals surface area contributed by atoms with Crippen LogP contribution in [-0.2, 0) is 15.5 Å². The topological polar surface area (TPSA) is 26.3 Å². The van der Waals surface area contributed by atoms with Crippen molar-refractivity contribution in [2.45, 2.75) is 19.8 Å². The molecule has 0 amide bonds. The van der Waals surface area contributed by atoms with E-state index < -0.39 is 11.9 Å². The number of alkyl halides is 2. The molecule has 0 fully saturated rings. The molecule has 17 heavy (non-hydrogen) atoms. The van der Waals surface area contributed by atoms with Crippen molar-refractivity contribution in [2.75, 3.05) is 6.61 Å². The Morgan fingerprint density at radius 3 is 2.41 bits per heavy atom. The first-order valence-electron chi connectivity index (χ1n) is 5.18. The Morgan fingerprint density at radius 1 is 1.29 bits per heavy atom. The highest BCUT2D eigenvalue weighted by atomic mass is 19.3. The summed E-state index contributed by atoms with van der Waals surface area (Å²) in [5, 5.41) is 0. The summed E-state index contributed by atoms with van der Waals surface area (Å²) in [6, 6.07) is 6.90. The molecule has 0 bridgehead atoms. The van der Waals surface area contributed by atoms with Crippen molar-refractivity contribution in [1.82, 2.24) is 0 Å². The second-order valence-corrected chi connectivity index (χ2v) is 3.82. The van der Waals surface area contributed by atoms with E-state index in [-0.39, 0.29) is 12.2 Å². The maximum Gasteiger partial charge on any atom is 0.382 e. The molecule has 0 heterocycles. The highest BCUT2D eigenvalue weighted by Crippen LogP contribution is 2.29. The van der Waals surface area contributed by atoms with E-state index >= 15 is 0 Å². The lowest BCUT2D eigenvalue weighted by molar-refractivity contribution is -0.172. The minimum absolute atomic E-state index is 0.135. The van der Waals surface area contributed by atoms with Gasteiger partial charge in [0.2, 0.25) is 0 Å². The van der Waals surface area contributed by atoms with Gasteiger partial charge in [-0.25, -0.2) is 4.79 Å². The molecule has 2 nitrogen and oxygen atoms in total. The number of benzene rings is 1. The lowest BCUT2D eigenvalue weighted by atomic mass is 10.1. The first-order valence-corrected chi connectivity index (χ1v) is 5.18. The summed E-state index contributed by atoms with van der Waals surface area (Å²) in [5.74, 6) is -5.13. The predicted molar refractivity (Wildman–Crippen MR) is 60.7 cm³/mol. The van der Waals surface area contributed by atoms with Gasteiger partial charge in [0.25, 0.3) is 0 Å². The highest BCUT2D eigenvalue weighted by Gasteiger charge is 2.42. The molecule has 0 aliphatic rings. The van der Waals surface area contributed by atoms with Crippen LogP contribution in [0.3, 0.4) is 0 Å². The van der Waals surface area contributed by atoms with Crippen LogP contribution in [0.5, 0.6) is 0 Å². The minimum atomic E-state index is -3.60. The molecule has 1 aromatic carbocycles. The van der Waals surface area contributed by atoms with Crippen molar-refractivity contribution in [3.63, 3.8) is 0 Å². The van der Waals surface area contributed by atoms with Gasteiger partial charge in [-0.1, -0.05) is 35.9 Å². The normalized spacial score (nSPS) is 10.8. The molecular weight excluding hydrogens is 226 g/mol. The Bertz CT molecular complexity index is 407. The van der Waals surface area contributed by atoms with Gasteiger partial charge in [0, 0.05) is 5.56 Å². The first-order chi connectivity index (χ1) is 7.94. The summed E-state index contributed by atoms with van der Waals surface area (Å²) >= 11 is 0. The van der Waals surface area contributed by atoms with Gasteiger partial charge in [-0.15, -0.1) is 0 Å². The zero-order valence-corrected chi connectivity index (χ0v) is 9.74. The summed E-state index contributed by atoms with van der Waals surface area (Å²) in [5.41, 5.74) is 0.544. The van der Waals surface area contributed by atoms with E-state index in [9.17, 15) is 13.6 Å². The summed E-state index contributed by atoms with van der Waals surface area (Å²) < 4.78 is 31.7. The molecule has 0 aromatic heterocycles. The van der Waals surface area contributed by atoms with Crippen molar-refractivity contribution >= 4 is 5.97 Å². The number of ether oxygens (including phenoxy) is 1. The lowest BCUT2D eigenvalue weighted by Crippen LogP contribution is -2.28. The number of esters is 1. The molecule has 1 rings (SSSR count). The molecule has 0 saturated heterocycles. The van der Waals surface area contributed by atoms with E-state index in [1.54, 1.807) is 26.0 Å². The molecule has 4 heteroatoms. The summed E-state index contributed by atoms with van der Waals surface area (Å²) in [4.78, 5) is 11.2. The van der Waals surface area contributed by atoms with Crippen LogP contribution in [0.15, 0.2) is 42.0 Å². The molecule has 0 N–H and O–H groups in total. The van der Waals surface area contributed by atoms with E-state index in [4.69, 9.17) is 0 Å². The number of carbonyl (C=O) groups excluding carboxylic acids is 1. The van der Waals surface area contributed by atoms with Crippen LogP contribution in [0.4, 0.5) is 8.78 Å².